The van der Waals surface area contributed by atoms with Crippen LogP contribution in [-0.2, 0) is 4.79 Å². The van der Waals surface area contributed by atoms with E-state index in [1.54, 1.807) is 4.90 Å². The highest BCUT2D eigenvalue weighted by Crippen LogP contribution is 2.53. The molecule has 1 aliphatic heterocycles. The number of rotatable bonds is 6. The Morgan fingerprint density at radius 3 is 2.34 bits per heavy atom. The normalized spacial score (nSPS) is 22.3. The van der Waals surface area contributed by atoms with Crippen LogP contribution in [0.4, 0.5) is 23.7 Å². The molecule has 3 amide bonds. The van der Waals surface area contributed by atoms with E-state index in [1.807, 2.05) is 29.2 Å². The predicted molar refractivity (Wildman–Crippen MR) is 131 cm³/mol. The molecule has 202 valence electrons. The molecule has 3 atom stereocenters. The van der Waals surface area contributed by atoms with Crippen LogP contribution in [0.3, 0.4) is 0 Å². The lowest BCUT2D eigenvalue weighted by Gasteiger charge is -2.48. The van der Waals surface area contributed by atoms with E-state index < -0.39 is 24.6 Å². The Kier molecular flexibility index (Phi) is 6.70. The molecule has 2 fully saturated rings. The molecule has 2 aliphatic carbocycles. The maximum Gasteiger partial charge on any atom is 0.573 e. The molecule has 1 heterocycles. The topological polar surface area (TPSA) is 90.4 Å². The van der Waals surface area contributed by atoms with Gasteiger partial charge in [-0.3, -0.25) is 9.59 Å². The Balaban J connectivity index is 1.51. The van der Waals surface area contributed by atoms with Gasteiger partial charge in [0.05, 0.1) is 6.04 Å². The van der Waals surface area contributed by atoms with E-state index in [-0.39, 0.29) is 41.5 Å². The minimum Gasteiger partial charge on any atom is -0.480 e. The molecular formula is C27H28F3N3O5. The van der Waals surface area contributed by atoms with E-state index >= 15 is 0 Å². The maximum atomic E-state index is 13.8. The molecule has 2 aromatic carbocycles. The molecule has 0 spiro atoms. The summed E-state index contributed by atoms with van der Waals surface area (Å²) in [7, 11) is 1.48. The van der Waals surface area contributed by atoms with Gasteiger partial charge in [0.1, 0.15) is 12.3 Å². The van der Waals surface area contributed by atoms with Crippen molar-refractivity contribution in [3.8, 4) is 5.75 Å². The van der Waals surface area contributed by atoms with Crippen LogP contribution in [0.25, 0.3) is 0 Å². The number of carboxylic acid groups (broad SMARTS) is 1. The summed E-state index contributed by atoms with van der Waals surface area (Å²) >= 11 is 0. The fourth-order valence-corrected chi connectivity index (χ4v) is 5.90. The minimum atomic E-state index is -4.83. The number of aliphatic carboxylic acids is 1. The number of nitrogens with zero attached hydrogens (tertiary/aromatic N) is 3. The number of carboxylic acids is 1. The predicted octanol–water partition coefficient (Wildman–Crippen LogP) is 5.06. The van der Waals surface area contributed by atoms with E-state index in [0.29, 0.717) is 12.1 Å². The first-order chi connectivity index (χ1) is 18.0. The number of halogens is 3. The molecule has 8 nitrogen and oxygen atoms in total. The molecule has 0 bridgehead atoms. The fraction of sp³-hybridized carbons (Fsp3) is 0.444. The lowest BCUT2D eigenvalue weighted by Crippen LogP contribution is -2.55. The number of carbonyl (C=O) groups excluding carboxylic acids is 2. The van der Waals surface area contributed by atoms with Crippen LogP contribution >= 0.6 is 0 Å². The van der Waals surface area contributed by atoms with Gasteiger partial charge in [-0.1, -0.05) is 24.6 Å². The third-order valence-electron chi connectivity index (χ3n) is 7.50. The van der Waals surface area contributed by atoms with Gasteiger partial charge in [-0.25, -0.2) is 4.79 Å². The van der Waals surface area contributed by atoms with Crippen molar-refractivity contribution in [1.29, 1.82) is 0 Å². The fourth-order valence-electron chi connectivity index (χ4n) is 5.90. The summed E-state index contributed by atoms with van der Waals surface area (Å²) < 4.78 is 41.7. The van der Waals surface area contributed by atoms with Gasteiger partial charge in [0, 0.05) is 36.3 Å². The number of amides is 3. The first-order valence-corrected chi connectivity index (χ1v) is 12.6. The van der Waals surface area contributed by atoms with Gasteiger partial charge in [-0.05, 0) is 61.6 Å². The Bertz CT molecular complexity index is 1230. The number of carbonyl (C=O) groups is 3. The van der Waals surface area contributed by atoms with Crippen molar-refractivity contribution in [3.63, 3.8) is 0 Å². The first-order valence-electron chi connectivity index (χ1n) is 12.6. The quantitative estimate of drug-likeness (QED) is 0.563. The molecule has 3 unspecified atom stereocenters. The molecule has 0 saturated heterocycles. The zero-order valence-electron chi connectivity index (χ0n) is 20.7. The van der Waals surface area contributed by atoms with Crippen molar-refractivity contribution in [2.45, 2.75) is 56.6 Å². The second-order valence-electron chi connectivity index (χ2n) is 10.1. The zero-order valence-corrected chi connectivity index (χ0v) is 20.7. The van der Waals surface area contributed by atoms with E-state index in [1.165, 1.54) is 24.1 Å². The smallest absolute Gasteiger partial charge is 0.480 e. The lowest BCUT2D eigenvalue weighted by atomic mass is 9.81. The second-order valence-corrected chi connectivity index (χ2v) is 10.1. The number of anilines is 1. The summed E-state index contributed by atoms with van der Waals surface area (Å²) in [5.41, 5.74) is 1.69. The minimum absolute atomic E-state index is 0.00137. The molecule has 0 aromatic heterocycles. The Morgan fingerprint density at radius 1 is 1.03 bits per heavy atom. The van der Waals surface area contributed by atoms with Crippen molar-refractivity contribution in [2.75, 3.05) is 18.5 Å². The number of likely N-dealkylation sites (N-methyl/N-ethyl adjacent to an activating group) is 1. The van der Waals surface area contributed by atoms with Crippen LogP contribution < -0.4 is 9.64 Å². The molecule has 2 aromatic rings. The van der Waals surface area contributed by atoms with E-state index in [9.17, 15) is 32.7 Å². The first kappa shape index (κ1) is 25.9. The highest BCUT2D eigenvalue weighted by molar-refractivity contribution is 6.07. The van der Waals surface area contributed by atoms with Crippen LogP contribution in [0.2, 0.25) is 0 Å². The van der Waals surface area contributed by atoms with E-state index in [4.69, 9.17) is 0 Å². The molecule has 3 aliphatic rings. The standard InChI is InChI=1S/C27H28F3N3O5/c1-31(15-23(34)35)26(37)32(17-11-12-17)24-19-5-2-3-7-21(19)33(22-8-4-6-20(22)24)25(36)16-9-13-18(14-10-16)38-27(28,29)30/h2-3,5,7,9-10,13-14,17,20,22,24H,4,6,8,11-12,15H2,1H3,(H,34,35). The summed E-state index contributed by atoms with van der Waals surface area (Å²) in [6.45, 7) is -0.414. The Hall–Kier alpha value is -3.76. The van der Waals surface area contributed by atoms with Crippen molar-refractivity contribution < 1.29 is 37.4 Å². The molecule has 1 N–H and O–H groups in total. The summed E-state index contributed by atoms with van der Waals surface area (Å²) in [6, 6.07) is 11.4. The molecule has 2 saturated carbocycles. The van der Waals surface area contributed by atoms with Gasteiger partial charge in [0.25, 0.3) is 5.91 Å². The molecular weight excluding hydrogens is 503 g/mol. The number of urea groups is 1. The molecule has 11 heteroatoms. The largest absolute Gasteiger partial charge is 0.573 e. The van der Waals surface area contributed by atoms with Crippen LogP contribution in [0.5, 0.6) is 5.75 Å². The van der Waals surface area contributed by atoms with Crippen molar-refractivity contribution in [2.24, 2.45) is 5.92 Å². The number of alkyl halides is 3. The highest BCUT2D eigenvalue weighted by Gasteiger charge is 2.52. The maximum absolute atomic E-state index is 13.8. The van der Waals surface area contributed by atoms with Crippen molar-refractivity contribution in [3.05, 3.63) is 59.7 Å². The van der Waals surface area contributed by atoms with Gasteiger partial charge < -0.3 is 24.5 Å². The third kappa shape index (κ3) is 5.01. The Labute approximate surface area is 217 Å². The third-order valence-corrected chi connectivity index (χ3v) is 7.50. The van der Waals surface area contributed by atoms with Gasteiger partial charge in [0.15, 0.2) is 0 Å². The average Bonchev–Trinajstić information content (AvgIpc) is 3.58. The van der Waals surface area contributed by atoms with Gasteiger partial charge in [-0.2, -0.15) is 0 Å². The van der Waals surface area contributed by atoms with Crippen LogP contribution in [0.15, 0.2) is 48.5 Å². The summed E-state index contributed by atoms with van der Waals surface area (Å²) in [4.78, 5) is 43.4. The SMILES string of the molecule is CN(CC(=O)O)C(=O)N(C1CC1)C1c2ccccc2N(C(=O)c2ccc(OC(F)(F)F)cc2)C2CCCC21. The highest BCUT2D eigenvalue weighted by atomic mass is 19.4. The molecule has 0 radical (unpaired) electrons. The van der Waals surface area contributed by atoms with E-state index in [2.05, 4.69) is 4.74 Å². The van der Waals surface area contributed by atoms with Gasteiger partial charge in [-0.15, -0.1) is 13.2 Å². The monoisotopic (exact) mass is 531 g/mol. The number of hydrogen-bond acceptors (Lipinski definition) is 4. The molecule has 38 heavy (non-hydrogen) atoms. The van der Waals surface area contributed by atoms with Crippen LogP contribution in [0.1, 0.15) is 54.1 Å². The number of ether oxygens (including phenoxy) is 1. The summed E-state index contributed by atoms with van der Waals surface area (Å²) in [5, 5.41) is 9.24. The van der Waals surface area contributed by atoms with Crippen LogP contribution in [-0.4, -0.2) is 64.9 Å². The van der Waals surface area contributed by atoms with Crippen LogP contribution in [0, 0.1) is 5.92 Å². The van der Waals surface area contributed by atoms with Gasteiger partial charge in [0.2, 0.25) is 0 Å². The average molecular weight is 532 g/mol. The van der Waals surface area contributed by atoms with Crippen molar-refractivity contribution in [1.82, 2.24) is 9.80 Å². The number of benzene rings is 2. The number of hydrogen-bond donors (Lipinski definition) is 1. The summed E-state index contributed by atoms with van der Waals surface area (Å²) in [5.74, 6) is -1.90. The second kappa shape index (κ2) is 9.85. The summed E-state index contributed by atoms with van der Waals surface area (Å²) in [6.07, 6.45) is -0.818. The van der Waals surface area contributed by atoms with E-state index in [0.717, 1.165) is 43.4 Å². The Morgan fingerprint density at radius 2 is 1.71 bits per heavy atom. The number of para-hydroxylation sites is 1. The zero-order chi connectivity index (χ0) is 27.2. The van der Waals surface area contributed by atoms with Crippen molar-refractivity contribution >= 4 is 23.6 Å². The lowest BCUT2D eigenvalue weighted by molar-refractivity contribution is -0.274. The van der Waals surface area contributed by atoms with Gasteiger partial charge >= 0.3 is 18.4 Å². The molecule has 5 rings (SSSR count). The number of fused-ring (bicyclic) bond motifs is 2.